The first-order valence-electron chi connectivity index (χ1n) is 7.20. The lowest BCUT2D eigenvalue weighted by Crippen LogP contribution is -2.49. The van der Waals surface area contributed by atoms with Crippen LogP contribution in [0.1, 0.15) is 26.7 Å². The molecule has 1 fully saturated rings. The number of halogens is 1. The number of nitrogens with zero attached hydrogens (tertiary/aromatic N) is 2. The molecule has 1 aromatic rings. The van der Waals surface area contributed by atoms with Gasteiger partial charge >= 0.3 is 0 Å². The minimum Gasteiger partial charge on any atom is -0.367 e. The first-order valence-corrected chi connectivity index (χ1v) is 8.00. The molecule has 4 heteroatoms. The van der Waals surface area contributed by atoms with Gasteiger partial charge in [0.15, 0.2) is 0 Å². The fourth-order valence-electron chi connectivity index (χ4n) is 2.71. The van der Waals surface area contributed by atoms with Crippen LogP contribution in [-0.2, 0) is 0 Å². The Kier molecular flexibility index (Phi) is 5.06. The molecule has 0 saturated carbocycles. The molecule has 0 amide bonds. The zero-order valence-corrected chi connectivity index (χ0v) is 13.8. The molecular weight excluding hydrogens is 314 g/mol. The van der Waals surface area contributed by atoms with Crippen molar-refractivity contribution in [3.8, 4) is 6.07 Å². The highest BCUT2D eigenvalue weighted by molar-refractivity contribution is 9.10. The number of benzene rings is 1. The molecule has 108 valence electrons. The summed E-state index contributed by atoms with van der Waals surface area (Å²) in [6.07, 6.45) is 1.76. The Balaban J connectivity index is 1.98. The third-order valence-corrected chi connectivity index (χ3v) is 4.30. The van der Waals surface area contributed by atoms with Crippen LogP contribution in [-0.4, -0.2) is 30.1 Å². The highest BCUT2D eigenvalue weighted by atomic mass is 79.9. The van der Waals surface area contributed by atoms with Crippen molar-refractivity contribution in [3.63, 3.8) is 0 Å². The number of rotatable bonds is 4. The van der Waals surface area contributed by atoms with Gasteiger partial charge in [0.1, 0.15) is 5.54 Å². The molecule has 1 aliphatic rings. The number of nitrogens with one attached hydrogen (secondary N) is 1. The standard InChI is InChI=1S/C16H22BrN3/c1-13(2)11-20-9-7-16(12-18,8-10-20)19-15-5-3-14(17)4-6-15/h3-6,13,19H,7-11H2,1-2H3. The van der Waals surface area contributed by atoms with Crippen molar-refractivity contribution >= 4 is 21.6 Å². The number of piperidine rings is 1. The van der Waals surface area contributed by atoms with Gasteiger partial charge in [0.05, 0.1) is 6.07 Å². The molecule has 1 heterocycles. The van der Waals surface area contributed by atoms with Gasteiger partial charge in [-0.25, -0.2) is 0 Å². The van der Waals surface area contributed by atoms with Crippen molar-refractivity contribution in [2.24, 2.45) is 5.92 Å². The summed E-state index contributed by atoms with van der Waals surface area (Å²) in [6.45, 7) is 7.60. The Morgan fingerprint density at radius 2 is 1.90 bits per heavy atom. The maximum absolute atomic E-state index is 9.59. The topological polar surface area (TPSA) is 39.1 Å². The van der Waals surface area contributed by atoms with E-state index in [-0.39, 0.29) is 0 Å². The van der Waals surface area contributed by atoms with Crippen LogP contribution in [0, 0.1) is 17.2 Å². The zero-order valence-electron chi connectivity index (χ0n) is 12.2. The molecule has 1 saturated heterocycles. The summed E-state index contributed by atoms with van der Waals surface area (Å²) in [5, 5.41) is 13.0. The first-order chi connectivity index (χ1) is 9.53. The quantitative estimate of drug-likeness (QED) is 0.907. The summed E-state index contributed by atoms with van der Waals surface area (Å²) in [7, 11) is 0. The van der Waals surface area contributed by atoms with Crippen molar-refractivity contribution < 1.29 is 0 Å². The first kappa shape index (κ1) is 15.3. The van der Waals surface area contributed by atoms with Crippen molar-refractivity contribution in [2.75, 3.05) is 25.0 Å². The molecule has 0 aliphatic carbocycles. The summed E-state index contributed by atoms with van der Waals surface area (Å²) in [5.41, 5.74) is 0.605. The summed E-state index contributed by atoms with van der Waals surface area (Å²) in [6, 6.07) is 10.5. The van der Waals surface area contributed by atoms with Crippen LogP contribution in [0.25, 0.3) is 0 Å². The van der Waals surface area contributed by atoms with Crippen LogP contribution in [0.15, 0.2) is 28.7 Å². The molecule has 0 bridgehead atoms. The molecule has 3 nitrogen and oxygen atoms in total. The molecule has 0 spiro atoms. The minimum absolute atomic E-state index is 0.415. The van der Waals surface area contributed by atoms with Crippen LogP contribution in [0.5, 0.6) is 0 Å². The third kappa shape index (κ3) is 3.97. The SMILES string of the molecule is CC(C)CN1CCC(C#N)(Nc2ccc(Br)cc2)CC1. The summed E-state index contributed by atoms with van der Waals surface area (Å²) < 4.78 is 1.06. The molecule has 0 unspecified atom stereocenters. The molecule has 2 rings (SSSR count). The van der Waals surface area contributed by atoms with Crippen molar-refractivity contribution in [1.29, 1.82) is 5.26 Å². The highest BCUT2D eigenvalue weighted by Gasteiger charge is 2.34. The normalized spacial score (nSPS) is 18.8. The monoisotopic (exact) mass is 335 g/mol. The van der Waals surface area contributed by atoms with Crippen LogP contribution < -0.4 is 5.32 Å². The van der Waals surface area contributed by atoms with Gasteiger partial charge in [-0.15, -0.1) is 0 Å². The Labute approximate surface area is 130 Å². The lowest BCUT2D eigenvalue weighted by atomic mass is 9.88. The minimum atomic E-state index is -0.415. The van der Waals surface area contributed by atoms with Crippen LogP contribution >= 0.6 is 15.9 Å². The Bertz CT molecular complexity index is 467. The van der Waals surface area contributed by atoms with Gasteiger partial charge in [-0.2, -0.15) is 5.26 Å². The van der Waals surface area contributed by atoms with E-state index in [1.165, 1.54) is 0 Å². The molecule has 0 aromatic heterocycles. The zero-order chi connectivity index (χ0) is 14.6. The molecule has 1 aromatic carbocycles. The van der Waals surface area contributed by atoms with E-state index in [2.05, 4.69) is 46.1 Å². The predicted octanol–water partition coefficient (Wildman–Crippen LogP) is 3.88. The molecular formula is C16H22BrN3. The Hall–Kier alpha value is -1.05. The fourth-order valence-corrected chi connectivity index (χ4v) is 2.97. The third-order valence-electron chi connectivity index (χ3n) is 3.77. The van der Waals surface area contributed by atoms with Crippen LogP contribution in [0.4, 0.5) is 5.69 Å². The van der Waals surface area contributed by atoms with Gasteiger partial charge < -0.3 is 10.2 Å². The van der Waals surface area contributed by atoms with E-state index in [0.29, 0.717) is 5.92 Å². The van der Waals surface area contributed by atoms with Gasteiger partial charge in [-0.3, -0.25) is 0 Å². The average Bonchev–Trinajstić information content (AvgIpc) is 2.43. The number of anilines is 1. The maximum atomic E-state index is 9.59. The molecule has 20 heavy (non-hydrogen) atoms. The molecule has 1 aliphatic heterocycles. The lowest BCUT2D eigenvalue weighted by Gasteiger charge is -2.39. The highest BCUT2D eigenvalue weighted by Crippen LogP contribution is 2.27. The van der Waals surface area contributed by atoms with E-state index in [9.17, 15) is 5.26 Å². The summed E-state index contributed by atoms with van der Waals surface area (Å²) in [4.78, 5) is 2.46. The molecule has 0 atom stereocenters. The summed E-state index contributed by atoms with van der Waals surface area (Å²) in [5.74, 6) is 0.684. The van der Waals surface area contributed by atoms with Gasteiger partial charge in [0.2, 0.25) is 0 Å². The molecule has 0 radical (unpaired) electrons. The van der Waals surface area contributed by atoms with Gasteiger partial charge in [-0.05, 0) is 43.0 Å². The smallest absolute Gasteiger partial charge is 0.127 e. The number of hydrogen-bond donors (Lipinski definition) is 1. The van der Waals surface area contributed by atoms with Crippen molar-refractivity contribution in [2.45, 2.75) is 32.2 Å². The van der Waals surface area contributed by atoms with Crippen molar-refractivity contribution in [1.82, 2.24) is 4.90 Å². The van der Waals surface area contributed by atoms with E-state index >= 15 is 0 Å². The number of hydrogen-bond acceptors (Lipinski definition) is 3. The van der Waals surface area contributed by atoms with E-state index < -0.39 is 5.54 Å². The molecule has 1 N–H and O–H groups in total. The number of likely N-dealkylation sites (tertiary alicyclic amines) is 1. The Morgan fingerprint density at radius 1 is 1.30 bits per heavy atom. The lowest BCUT2D eigenvalue weighted by molar-refractivity contribution is 0.179. The van der Waals surface area contributed by atoms with E-state index in [4.69, 9.17) is 0 Å². The van der Waals surface area contributed by atoms with E-state index in [1.807, 2.05) is 24.3 Å². The fraction of sp³-hybridized carbons (Fsp3) is 0.562. The largest absolute Gasteiger partial charge is 0.367 e. The average molecular weight is 336 g/mol. The van der Waals surface area contributed by atoms with E-state index in [1.54, 1.807) is 0 Å². The van der Waals surface area contributed by atoms with Crippen LogP contribution in [0.2, 0.25) is 0 Å². The van der Waals surface area contributed by atoms with Gasteiger partial charge in [0, 0.05) is 29.8 Å². The maximum Gasteiger partial charge on any atom is 0.127 e. The second kappa shape index (κ2) is 6.60. The van der Waals surface area contributed by atoms with Gasteiger partial charge in [0.25, 0.3) is 0 Å². The second-order valence-electron chi connectivity index (χ2n) is 6.02. The van der Waals surface area contributed by atoms with E-state index in [0.717, 1.165) is 42.6 Å². The van der Waals surface area contributed by atoms with Crippen molar-refractivity contribution in [3.05, 3.63) is 28.7 Å². The summed E-state index contributed by atoms with van der Waals surface area (Å²) >= 11 is 3.43. The Morgan fingerprint density at radius 3 is 2.40 bits per heavy atom. The second-order valence-corrected chi connectivity index (χ2v) is 6.94. The van der Waals surface area contributed by atoms with Crippen LogP contribution in [0.3, 0.4) is 0 Å². The number of nitriles is 1. The predicted molar refractivity (Wildman–Crippen MR) is 86.6 cm³/mol. The van der Waals surface area contributed by atoms with Gasteiger partial charge in [-0.1, -0.05) is 29.8 Å².